The third-order valence-corrected chi connectivity index (χ3v) is 4.77. The third-order valence-electron chi connectivity index (χ3n) is 3.70. The van der Waals surface area contributed by atoms with Crippen molar-refractivity contribution in [2.24, 2.45) is 0 Å². The minimum atomic E-state index is -0.497. The zero-order chi connectivity index (χ0) is 14.4. The van der Waals surface area contributed by atoms with Gasteiger partial charge in [0.2, 0.25) is 0 Å². The summed E-state index contributed by atoms with van der Waals surface area (Å²) in [6.45, 7) is 4.52. The second-order valence-corrected chi connectivity index (χ2v) is 6.21. The van der Waals surface area contributed by atoms with Gasteiger partial charge >= 0.3 is 0 Å². The Morgan fingerprint density at radius 3 is 2.90 bits per heavy atom. The molecule has 0 bridgehead atoms. The van der Waals surface area contributed by atoms with Crippen molar-refractivity contribution >= 4 is 22.2 Å². The maximum atomic E-state index is 12.5. The fraction of sp³-hybridized carbons (Fsp3) is 0.462. The van der Waals surface area contributed by atoms with E-state index in [1.54, 1.807) is 0 Å². The molecule has 1 aliphatic heterocycles. The molecular formula is C13H15N3O3S. The van der Waals surface area contributed by atoms with Gasteiger partial charge in [0.1, 0.15) is 5.56 Å². The molecule has 2 aromatic heterocycles. The van der Waals surface area contributed by atoms with E-state index in [0.717, 1.165) is 10.6 Å². The number of aliphatic hydroxyl groups is 1. The van der Waals surface area contributed by atoms with Gasteiger partial charge in [-0.1, -0.05) is 0 Å². The van der Waals surface area contributed by atoms with E-state index in [4.69, 9.17) is 0 Å². The molecule has 1 atom stereocenters. The first-order valence-electron chi connectivity index (χ1n) is 6.44. The van der Waals surface area contributed by atoms with E-state index in [2.05, 4.69) is 4.98 Å². The number of aliphatic hydroxyl groups excluding tert-OH is 1. The van der Waals surface area contributed by atoms with E-state index < -0.39 is 6.10 Å². The highest BCUT2D eigenvalue weighted by Crippen LogP contribution is 2.19. The van der Waals surface area contributed by atoms with Gasteiger partial charge < -0.3 is 10.0 Å². The van der Waals surface area contributed by atoms with Crippen LogP contribution in [0.2, 0.25) is 0 Å². The molecule has 2 aromatic rings. The summed E-state index contributed by atoms with van der Waals surface area (Å²) in [7, 11) is 0. The summed E-state index contributed by atoms with van der Waals surface area (Å²) in [5.74, 6) is -0.350. The van der Waals surface area contributed by atoms with Crippen LogP contribution in [0.5, 0.6) is 0 Å². The first-order chi connectivity index (χ1) is 9.49. The van der Waals surface area contributed by atoms with Crippen LogP contribution in [-0.2, 0) is 0 Å². The summed E-state index contributed by atoms with van der Waals surface area (Å²) < 4.78 is 1.49. The van der Waals surface area contributed by atoms with Crippen molar-refractivity contribution in [1.82, 2.24) is 14.3 Å². The van der Waals surface area contributed by atoms with E-state index in [1.807, 2.05) is 13.8 Å². The van der Waals surface area contributed by atoms with Gasteiger partial charge in [-0.15, -0.1) is 11.3 Å². The third kappa shape index (κ3) is 1.94. The van der Waals surface area contributed by atoms with E-state index in [-0.39, 0.29) is 23.6 Å². The molecule has 0 aromatic carbocycles. The Morgan fingerprint density at radius 1 is 1.50 bits per heavy atom. The Kier molecular flexibility index (Phi) is 3.10. The van der Waals surface area contributed by atoms with Gasteiger partial charge in [-0.05, 0) is 20.3 Å². The van der Waals surface area contributed by atoms with Crippen LogP contribution in [0, 0.1) is 13.8 Å². The quantitative estimate of drug-likeness (QED) is 0.834. The molecule has 0 aliphatic carbocycles. The summed E-state index contributed by atoms with van der Waals surface area (Å²) in [4.78, 5) is 32.1. The number of thiazole rings is 1. The predicted octanol–water partition coefficient (Wildman–Crippen LogP) is 0.580. The Labute approximate surface area is 119 Å². The standard InChI is InChI=1S/C13H15N3O3S/c1-7-8(2)20-13-14-5-10(12(19)16(7)13)11(18)15-4-3-9(17)6-15/h5,9,17H,3-4,6H2,1-2H3/t9-/m1/s1. The summed E-state index contributed by atoms with van der Waals surface area (Å²) in [6.07, 6.45) is 1.41. The smallest absolute Gasteiger partial charge is 0.271 e. The SMILES string of the molecule is Cc1sc2ncc(C(=O)N3CC[C@@H](O)C3)c(=O)n2c1C. The number of rotatable bonds is 1. The second-order valence-electron chi connectivity index (χ2n) is 5.03. The number of likely N-dealkylation sites (tertiary alicyclic amines) is 1. The zero-order valence-electron chi connectivity index (χ0n) is 11.3. The lowest BCUT2D eigenvalue weighted by molar-refractivity contribution is 0.0762. The monoisotopic (exact) mass is 293 g/mol. The van der Waals surface area contributed by atoms with Crippen molar-refractivity contribution in [3.05, 3.63) is 32.7 Å². The van der Waals surface area contributed by atoms with Crippen LogP contribution in [0.1, 0.15) is 27.3 Å². The van der Waals surface area contributed by atoms with Gasteiger partial charge in [0.15, 0.2) is 4.96 Å². The molecule has 6 nitrogen and oxygen atoms in total. The van der Waals surface area contributed by atoms with Gasteiger partial charge in [0.05, 0.1) is 6.10 Å². The molecule has 7 heteroatoms. The average Bonchev–Trinajstić information content (AvgIpc) is 2.95. The Balaban J connectivity index is 2.08. The molecule has 0 radical (unpaired) electrons. The lowest BCUT2D eigenvalue weighted by atomic mass is 10.3. The summed E-state index contributed by atoms with van der Waals surface area (Å²) in [5, 5.41) is 9.49. The predicted molar refractivity (Wildman–Crippen MR) is 75.3 cm³/mol. The maximum absolute atomic E-state index is 12.5. The molecule has 1 amide bonds. The minimum Gasteiger partial charge on any atom is -0.391 e. The van der Waals surface area contributed by atoms with Crippen LogP contribution in [0.3, 0.4) is 0 Å². The molecule has 1 aliphatic rings. The van der Waals surface area contributed by atoms with Crippen molar-refractivity contribution < 1.29 is 9.90 Å². The van der Waals surface area contributed by atoms with E-state index in [9.17, 15) is 14.7 Å². The summed E-state index contributed by atoms with van der Waals surface area (Å²) >= 11 is 1.43. The highest BCUT2D eigenvalue weighted by atomic mass is 32.1. The van der Waals surface area contributed by atoms with Crippen molar-refractivity contribution in [1.29, 1.82) is 0 Å². The Morgan fingerprint density at radius 2 is 2.25 bits per heavy atom. The molecule has 0 spiro atoms. The number of nitrogens with zero attached hydrogens (tertiary/aromatic N) is 3. The van der Waals surface area contributed by atoms with Crippen molar-refractivity contribution in [2.75, 3.05) is 13.1 Å². The Hall–Kier alpha value is -1.73. The average molecular weight is 293 g/mol. The van der Waals surface area contributed by atoms with Gasteiger partial charge in [0.25, 0.3) is 11.5 Å². The minimum absolute atomic E-state index is 0.0671. The van der Waals surface area contributed by atoms with Crippen LogP contribution < -0.4 is 5.56 Å². The number of aryl methyl sites for hydroxylation is 2. The van der Waals surface area contributed by atoms with Crippen molar-refractivity contribution in [3.8, 4) is 0 Å². The number of fused-ring (bicyclic) bond motifs is 1. The van der Waals surface area contributed by atoms with Crippen LogP contribution in [-0.4, -0.2) is 44.5 Å². The molecule has 3 heterocycles. The van der Waals surface area contributed by atoms with E-state index in [0.29, 0.717) is 17.9 Å². The molecule has 3 rings (SSSR count). The maximum Gasteiger partial charge on any atom is 0.271 e. The first-order valence-corrected chi connectivity index (χ1v) is 7.26. The second kappa shape index (κ2) is 4.68. The summed E-state index contributed by atoms with van der Waals surface area (Å²) in [5.41, 5.74) is 0.555. The highest BCUT2D eigenvalue weighted by molar-refractivity contribution is 7.17. The van der Waals surface area contributed by atoms with Gasteiger partial charge in [-0.2, -0.15) is 0 Å². The van der Waals surface area contributed by atoms with Crippen molar-refractivity contribution in [2.45, 2.75) is 26.4 Å². The van der Waals surface area contributed by atoms with Crippen LogP contribution >= 0.6 is 11.3 Å². The zero-order valence-corrected chi connectivity index (χ0v) is 12.1. The van der Waals surface area contributed by atoms with Gasteiger partial charge in [0, 0.05) is 29.9 Å². The fourth-order valence-electron chi connectivity index (χ4n) is 2.42. The number of amides is 1. The lowest BCUT2D eigenvalue weighted by Crippen LogP contribution is -2.35. The highest BCUT2D eigenvalue weighted by Gasteiger charge is 2.28. The molecular weight excluding hydrogens is 278 g/mol. The van der Waals surface area contributed by atoms with Crippen molar-refractivity contribution in [3.63, 3.8) is 0 Å². The molecule has 1 saturated heterocycles. The number of carbonyl (C=O) groups excluding carboxylic acids is 1. The fourth-order valence-corrected chi connectivity index (χ4v) is 3.35. The molecule has 0 saturated carbocycles. The largest absolute Gasteiger partial charge is 0.391 e. The summed E-state index contributed by atoms with van der Waals surface area (Å²) in [6, 6.07) is 0. The number of carbonyl (C=O) groups is 1. The number of hydrogen-bond donors (Lipinski definition) is 1. The Bertz CT molecular complexity index is 749. The van der Waals surface area contributed by atoms with Gasteiger partial charge in [-0.25, -0.2) is 4.98 Å². The topological polar surface area (TPSA) is 74.9 Å². The van der Waals surface area contributed by atoms with Gasteiger partial charge in [-0.3, -0.25) is 14.0 Å². The van der Waals surface area contributed by atoms with Crippen LogP contribution in [0.25, 0.3) is 4.96 Å². The van der Waals surface area contributed by atoms with E-state index in [1.165, 1.54) is 26.8 Å². The molecule has 20 heavy (non-hydrogen) atoms. The molecule has 1 fully saturated rings. The number of β-amino-alcohol motifs (C(OH)–C–C–N with tert-alkyl or cyclic N) is 1. The first kappa shape index (κ1) is 13.3. The van der Waals surface area contributed by atoms with E-state index >= 15 is 0 Å². The normalized spacial score (nSPS) is 18.9. The number of hydrogen-bond acceptors (Lipinski definition) is 5. The van der Waals surface area contributed by atoms with Crippen LogP contribution in [0.4, 0.5) is 0 Å². The molecule has 106 valence electrons. The number of aromatic nitrogens is 2. The molecule has 1 N–H and O–H groups in total. The lowest BCUT2D eigenvalue weighted by Gasteiger charge is -2.14. The van der Waals surface area contributed by atoms with Crippen LogP contribution in [0.15, 0.2) is 11.0 Å². The molecule has 0 unspecified atom stereocenters.